The van der Waals surface area contributed by atoms with E-state index in [1.165, 1.54) is 6.92 Å². The molecular weight excluding hydrogens is 268 g/mol. The molecule has 1 fully saturated rings. The Bertz CT molecular complexity index is 497. The van der Waals surface area contributed by atoms with E-state index in [4.69, 9.17) is 4.74 Å². The molecule has 0 saturated carbocycles. The van der Waals surface area contributed by atoms with Gasteiger partial charge in [-0.2, -0.15) is 0 Å². The molecule has 0 radical (unpaired) electrons. The number of hydrogen-bond donors (Lipinski definition) is 1. The SMILES string of the molecule is COCC1CCCN(C(=O)c2ccc(NC(C)=O)cc2)C1. The predicted molar refractivity (Wildman–Crippen MR) is 81.2 cm³/mol. The molecule has 1 saturated heterocycles. The van der Waals surface area contributed by atoms with E-state index in [0.717, 1.165) is 25.9 Å². The van der Waals surface area contributed by atoms with Crippen LogP contribution in [0.3, 0.4) is 0 Å². The van der Waals surface area contributed by atoms with Gasteiger partial charge in [0.15, 0.2) is 0 Å². The zero-order valence-electron chi connectivity index (χ0n) is 12.6. The molecule has 1 atom stereocenters. The van der Waals surface area contributed by atoms with Gasteiger partial charge in [-0.3, -0.25) is 9.59 Å². The first kappa shape index (κ1) is 15.5. The number of anilines is 1. The van der Waals surface area contributed by atoms with Gasteiger partial charge in [0.05, 0.1) is 6.61 Å². The fourth-order valence-corrected chi connectivity index (χ4v) is 2.70. The van der Waals surface area contributed by atoms with Crippen molar-refractivity contribution in [1.82, 2.24) is 4.90 Å². The van der Waals surface area contributed by atoms with Crippen molar-refractivity contribution in [2.75, 3.05) is 32.1 Å². The summed E-state index contributed by atoms with van der Waals surface area (Å²) in [6.45, 7) is 3.71. The molecule has 0 bridgehead atoms. The van der Waals surface area contributed by atoms with Crippen LogP contribution >= 0.6 is 0 Å². The highest BCUT2D eigenvalue weighted by molar-refractivity contribution is 5.95. The second kappa shape index (κ2) is 7.22. The monoisotopic (exact) mass is 290 g/mol. The highest BCUT2D eigenvalue weighted by atomic mass is 16.5. The third-order valence-electron chi connectivity index (χ3n) is 3.66. The maximum atomic E-state index is 12.5. The molecule has 2 rings (SSSR count). The van der Waals surface area contributed by atoms with Crippen molar-refractivity contribution in [3.63, 3.8) is 0 Å². The molecule has 21 heavy (non-hydrogen) atoms. The maximum absolute atomic E-state index is 12.5. The lowest BCUT2D eigenvalue weighted by molar-refractivity contribution is -0.114. The third kappa shape index (κ3) is 4.29. The summed E-state index contributed by atoms with van der Waals surface area (Å²) in [5.41, 5.74) is 1.36. The summed E-state index contributed by atoms with van der Waals surface area (Å²) in [7, 11) is 1.70. The predicted octanol–water partition coefficient (Wildman–Crippen LogP) is 2.14. The topological polar surface area (TPSA) is 58.6 Å². The van der Waals surface area contributed by atoms with Crippen LogP contribution in [0.4, 0.5) is 5.69 Å². The molecule has 5 heteroatoms. The van der Waals surface area contributed by atoms with Crippen LogP contribution in [0.5, 0.6) is 0 Å². The lowest BCUT2D eigenvalue weighted by atomic mass is 9.98. The molecule has 1 heterocycles. The van der Waals surface area contributed by atoms with E-state index in [0.29, 0.717) is 23.8 Å². The Labute approximate surface area is 125 Å². The molecule has 1 aliphatic heterocycles. The molecule has 114 valence electrons. The van der Waals surface area contributed by atoms with Crippen molar-refractivity contribution in [3.05, 3.63) is 29.8 Å². The summed E-state index contributed by atoms with van der Waals surface area (Å²) in [6, 6.07) is 7.03. The van der Waals surface area contributed by atoms with Gasteiger partial charge in [-0.05, 0) is 43.0 Å². The standard InChI is InChI=1S/C16H22N2O3/c1-12(19)17-15-7-5-14(6-8-15)16(20)18-9-3-4-13(10-18)11-21-2/h5-8,13H,3-4,9-11H2,1-2H3,(H,17,19). The quantitative estimate of drug-likeness (QED) is 0.924. The fraction of sp³-hybridized carbons (Fsp3) is 0.500. The van der Waals surface area contributed by atoms with Gasteiger partial charge < -0.3 is 15.0 Å². The Balaban J connectivity index is 2.00. The number of nitrogens with one attached hydrogen (secondary N) is 1. The largest absolute Gasteiger partial charge is 0.384 e. The number of piperidine rings is 1. The van der Waals surface area contributed by atoms with Crippen molar-refractivity contribution in [1.29, 1.82) is 0 Å². The lowest BCUT2D eigenvalue weighted by Crippen LogP contribution is -2.41. The number of methoxy groups -OCH3 is 1. The Hall–Kier alpha value is -1.88. The number of benzene rings is 1. The fourth-order valence-electron chi connectivity index (χ4n) is 2.70. The van der Waals surface area contributed by atoms with Gasteiger partial charge in [0.1, 0.15) is 0 Å². The van der Waals surface area contributed by atoms with Crippen LogP contribution in [-0.2, 0) is 9.53 Å². The summed E-state index contributed by atoms with van der Waals surface area (Å²) >= 11 is 0. The Morgan fingerprint density at radius 1 is 1.33 bits per heavy atom. The zero-order chi connectivity index (χ0) is 15.2. The normalized spacial score (nSPS) is 18.4. The Kier molecular flexibility index (Phi) is 5.33. The number of ether oxygens (including phenoxy) is 1. The minimum absolute atomic E-state index is 0.0465. The van der Waals surface area contributed by atoms with Gasteiger partial charge in [-0.1, -0.05) is 0 Å². The number of carbonyl (C=O) groups is 2. The van der Waals surface area contributed by atoms with Crippen LogP contribution in [0.15, 0.2) is 24.3 Å². The van der Waals surface area contributed by atoms with E-state index < -0.39 is 0 Å². The van der Waals surface area contributed by atoms with Crippen LogP contribution in [0.1, 0.15) is 30.1 Å². The van der Waals surface area contributed by atoms with E-state index in [2.05, 4.69) is 5.32 Å². The average Bonchev–Trinajstić information content (AvgIpc) is 2.47. The lowest BCUT2D eigenvalue weighted by Gasteiger charge is -2.32. The third-order valence-corrected chi connectivity index (χ3v) is 3.66. The highest BCUT2D eigenvalue weighted by Crippen LogP contribution is 2.19. The molecular formula is C16H22N2O3. The number of rotatable bonds is 4. The summed E-state index contributed by atoms with van der Waals surface area (Å²) in [5, 5.41) is 2.69. The van der Waals surface area contributed by atoms with E-state index in [-0.39, 0.29) is 11.8 Å². The Morgan fingerprint density at radius 3 is 2.67 bits per heavy atom. The van der Waals surface area contributed by atoms with Crippen molar-refractivity contribution in [3.8, 4) is 0 Å². The van der Waals surface area contributed by atoms with Crippen molar-refractivity contribution >= 4 is 17.5 Å². The van der Waals surface area contributed by atoms with Crippen LogP contribution in [-0.4, -0.2) is 43.5 Å². The van der Waals surface area contributed by atoms with E-state index >= 15 is 0 Å². The van der Waals surface area contributed by atoms with Crippen molar-refractivity contribution in [2.24, 2.45) is 5.92 Å². The first-order valence-corrected chi connectivity index (χ1v) is 7.26. The highest BCUT2D eigenvalue weighted by Gasteiger charge is 2.24. The molecule has 0 aliphatic carbocycles. The van der Waals surface area contributed by atoms with E-state index in [9.17, 15) is 9.59 Å². The molecule has 1 aromatic rings. The van der Waals surface area contributed by atoms with Gasteiger partial charge in [0, 0.05) is 38.4 Å². The first-order valence-electron chi connectivity index (χ1n) is 7.26. The zero-order valence-corrected chi connectivity index (χ0v) is 12.6. The van der Waals surface area contributed by atoms with Gasteiger partial charge in [-0.25, -0.2) is 0 Å². The first-order chi connectivity index (χ1) is 10.1. The van der Waals surface area contributed by atoms with Gasteiger partial charge in [0.2, 0.25) is 5.91 Å². The molecule has 0 spiro atoms. The van der Waals surface area contributed by atoms with Crippen molar-refractivity contribution < 1.29 is 14.3 Å². The smallest absolute Gasteiger partial charge is 0.253 e. The maximum Gasteiger partial charge on any atom is 0.253 e. The molecule has 1 aromatic carbocycles. The number of hydrogen-bond acceptors (Lipinski definition) is 3. The van der Waals surface area contributed by atoms with Crippen LogP contribution in [0, 0.1) is 5.92 Å². The molecule has 2 amide bonds. The van der Waals surface area contributed by atoms with E-state index in [1.807, 2.05) is 4.90 Å². The second-order valence-corrected chi connectivity index (χ2v) is 5.47. The Morgan fingerprint density at radius 2 is 2.05 bits per heavy atom. The average molecular weight is 290 g/mol. The summed E-state index contributed by atoms with van der Waals surface area (Å²) in [5.74, 6) is 0.351. The molecule has 0 aromatic heterocycles. The van der Waals surface area contributed by atoms with Gasteiger partial charge in [0.25, 0.3) is 5.91 Å². The second-order valence-electron chi connectivity index (χ2n) is 5.47. The van der Waals surface area contributed by atoms with Crippen LogP contribution in [0.2, 0.25) is 0 Å². The summed E-state index contributed by atoms with van der Waals surface area (Å²) in [6.07, 6.45) is 2.13. The molecule has 1 unspecified atom stereocenters. The molecule has 5 nitrogen and oxygen atoms in total. The van der Waals surface area contributed by atoms with E-state index in [1.54, 1.807) is 31.4 Å². The minimum Gasteiger partial charge on any atom is -0.384 e. The van der Waals surface area contributed by atoms with Gasteiger partial charge in [-0.15, -0.1) is 0 Å². The number of amides is 2. The summed E-state index contributed by atoms with van der Waals surface area (Å²) < 4.78 is 5.19. The number of carbonyl (C=O) groups excluding carboxylic acids is 2. The van der Waals surface area contributed by atoms with Crippen LogP contribution < -0.4 is 5.32 Å². The van der Waals surface area contributed by atoms with Crippen LogP contribution in [0.25, 0.3) is 0 Å². The number of nitrogens with zero attached hydrogens (tertiary/aromatic N) is 1. The van der Waals surface area contributed by atoms with Gasteiger partial charge >= 0.3 is 0 Å². The summed E-state index contributed by atoms with van der Waals surface area (Å²) in [4.78, 5) is 25.3. The minimum atomic E-state index is -0.118. The van der Waals surface area contributed by atoms with Crippen molar-refractivity contribution in [2.45, 2.75) is 19.8 Å². The molecule has 1 N–H and O–H groups in total. The number of likely N-dealkylation sites (tertiary alicyclic amines) is 1. The molecule has 1 aliphatic rings.